The molecule has 2 N–H and O–H groups in total. The number of hydrogen-bond donors (Lipinski definition) is 1. The summed E-state index contributed by atoms with van der Waals surface area (Å²) in [5, 5.41) is 0. The summed E-state index contributed by atoms with van der Waals surface area (Å²) in [7, 11) is 0. The van der Waals surface area contributed by atoms with Crippen LogP contribution in [-0.2, 0) is 9.53 Å². The van der Waals surface area contributed by atoms with Gasteiger partial charge in [-0.2, -0.15) is 0 Å². The molecule has 6 heteroatoms. The summed E-state index contributed by atoms with van der Waals surface area (Å²) in [6.45, 7) is 2.21. The van der Waals surface area contributed by atoms with Gasteiger partial charge in [0.25, 0.3) is 5.91 Å². The van der Waals surface area contributed by atoms with Crippen molar-refractivity contribution in [1.82, 2.24) is 0 Å². The average Bonchev–Trinajstić information content (AvgIpc) is 2.58. The highest BCUT2D eigenvalue weighted by Gasteiger charge is 2.07. The molecule has 0 unspecified atom stereocenters. The zero-order chi connectivity index (χ0) is 17.4. The lowest BCUT2D eigenvalue weighted by atomic mass is 10.2. The normalized spacial score (nSPS) is 10.0. The lowest BCUT2D eigenvalue weighted by molar-refractivity contribution is -0.119. The van der Waals surface area contributed by atoms with Crippen LogP contribution in [0, 0.1) is 6.92 Å². The SMILES string of the molecule is Cc1ccc(OCCOC(=O)c2ccc(OCC(N)=O)cc2)cc1. The van der Waals surface area contributed by atoms with E-state index in [0.29, 0.717) is 11.3 Å². The second-order valence-corrected chi connectivity index (χ2v) is 5.08. The Balaban J connectivity index is 1.73. The molecule has 0 atom stereocenters. The summed E-state index contributed by atoms with van der Waals surface area (Å²) in [6.07, 6.45) is 0. The minimum atomic E-state index is -0.563. The van der Waals surface area contributed by atoms with Gasteiger partial charge in [0.05, 0.1) is 5.56 Å². The smallest absolute Gasteiger partial charge is 0.338 e. The van der Waals surface area contributed by atoms with Gasteiger partial charge >= 0.3 is 5.97 Å². The molecule has 0 aromatic heterocycles. The predicted molar refractivity (Wildman–Crippen MR) is 88.1 cm³/mol. The number of rotatable bonds is 8. The fourth-order valence-electron chi connectivity index (χ4n) is 1.85. The summed E-state index contributed by atoms with van der Waals surface area (Å²) >= 11 is 0. The molecule has 2 rings (SSSR count). The first-order chi connectivity index (χ1) is 11.5. The molecule has 2 aromatic carbocycles. The molecule has 0 aliphatic carbocycles. The maximum Gasteiger partial charge on any atom is 0.338 e. The Bertz CT molecular complexity index is 680. The van der Waals surface area contributed by atoms with E-state index in [1.165, 1.54) is 0 Å². The Morgan fingerprint density at radius 2 is 1.46 bits per heavy atom. The summed E-state index contributed by atoms with van der Waals surface area (Å²) in [5.74, 6) is 0.164. The molecular formula is C18H19NO5. The average molecular weight is 329 g/mol. The second-order valence-electron chi connectivity index (χ2n) is 5.08. The third kappa shape index (κ3) is 5.64. The molecule has 0 heterocycles. The van der Waals surface area contributed by atoms with E-state index in [9.17, 15) is 9.59 Å². The lowest BCUT2D eigenvalue weighted by Gasteiger charge is -2.08. The number of ether oxygens (including phenoxy) is 3. The molecule has 2 aromatic rings. The fourth-order valence-corrected chi connectivity index (χ4v) is 1.85. The Hall–Kier alpha value is -3.02. The first-order valence-corrected chi connectivity index (χ1v) is 7.42. The summed E-state index contributed by atoms with van der Waals surface area (Å²) < 4.78 is 15.7. The Morgan fingerprint density at radius 1 is 0.875 bits per heavy atom. The minimum absolute atomic E-state index is 0.145. The van der Waals surface area contributed by atoms with Crippen LogP contribution in [0.15, 0.2) is 48.5 Å². The van der Waals surface area contributed by atoms with E-state index in [2.05, 4.69) is 0 Å². The van der Waals surface area contributed by atoms with E-state index in [4.69, 9.17) is 19.9 Å². The number of carbonyl (C=O) groups is 2. The van der Waals surface area contributed by atoms with Gasteiger partial charge in [0, 0.05) is 0 Å². The van der Waals surface area contributed by atoms with Crippen molar-refractivity contribution in [3.8, 4) is 11.5 Å². The van der Waals surface area contributed by atoms with Gasteiger partial charge in [0.2, 0.25) is 0 Å². The van der Waals surface area contributed by atoms with Crippen LogP contribution in [0.1, 0.15) is 15.9 Å². The van der Waals surface area contributed by atoms with E-state index < -0.39 is 11.9 Å². The topological polar surface area (TPSA) is 87.8 Å². The monoisotopic (exact) mass is 329 g/mol. The summed E-state index contributed by atoms with van der Waals surface area (Å²) in [5.41, 5.74) is 6.52. The van der Waals surface area contributed by atoms with Crippen LogP contribution in [0.4, 0.5) is 0 Å². The molecule has 0 saturated heterocycles. The maximum absolute atomic E-state index is 11.9. The van der Waals surface area contributed by atoms with Crippen molar-refractivity contribution in [3.05, 3.63) is 59.7 Å². The lowest BCUT2D eigenvalue weighted by Crippen LogP contribution is -2.20. The van der Waals surface area contributed by atoms with Crippen molar-refractivity contribution < 1.29 is 23.8 Å². The number of esters is 1. The van der Waals surface area contributed by atoms with E-state index in [-0.39, 0.29) is 19.8 Å². The van der Waals surface area contributed by atoms with Crippen LogP contribution < -0.4 is 15.2 Å². The van der Waals surface area contributed by atoms with Crippen molar-refractivity contribution in [1.29, 1.82) is 0 Å². The van der Waals surface area contributed by atoms with Gasteiger partial charge in [0.1, 0.15) is 24.7 Å². The molecule has 0 spiro atoms. The Kier molecular flexibility index (Phi) is 6.19. The minimum Gasteiger partial charge on any atom is -0.490 e. The molecule has 0 aliphatic rings. The zero-order valence-corrected chi connectivity index (χ0v) is 13.4. The molecule has 0 radical (unpaired) electrons. The number of amides is 1. The van der Waals surface area contributed by atoms with Crippen molar-refractivity contribution >= 4 is 11.9 Å². The molecule has 24 heavy (non-hydrogen) atoms. The Morgan fingerprint density at radius 3 is 2.08 bits per heavy atom. The quantitative estimate of drug-likeness (QED) is 0.592. The first kappa shape index (κ1) is 17.3. The number of primary amides is 1. The van der Waals surface area contributed by atoms with Crippen LogP contribution in [-0.4, -0.2) is 31.7 Å². The molecule has 0 aliphatic heterocycles. The molecule has 1 amide bonds. The molecule has 0 saturated carbocycles. The highest BCUT2D eigenvalue weighted by atomic mass is 16.6. The molecule has 0 fully saturated rings. The highest BCUT2D eigenvalue weighted by Crippen LogP contribution is 2.13. The fraction of sp³-hybridized carbons (Fsp3) is 0.222. The predicted octanol–water partition coefficient (Wildman–Crippen LogP) is 2.09. The third-order valence-corrected chi connectivity index (χ3v) is 3.08. The number of aryl methyl sites for hydroxylation is 1. The van der Waals surface area contributed by atoms with Crippen molar-refractivity contribution in [2.24, 2.45) is 5.73 Å². The van der Waals surface area contributed by atoms with Crippen molar-refractivity contribution in [2.75, 3.05) is 19.8 Å². The van der Waals surface area contributed by atoms with Crippen molar-refractivity contribution in [2.45, 2.75) is 6.92 Å². The van der Waals surface area contributed by atoms with Crippen LogP contribution in [0.3, 0.4) is 0 Å². The maximum atomic E-state index is 11.9. The molecule has 0 bridgehead atoms. The molecule has 6 nitrogen and oxygen atoms in total. The zero-order valence-electron chi connectivity index (χ0n) is 13.4. The van der Waals surface area contributed by atoms with Gasteiger partial charge in [-0.05, 0) is 43.3 Å². The van der Waals surface area contributed by atoms with Gasteiger partial charge < -0.3 is 19.9 Å². The van der Waals surface area contributed by atoms with Crippen molar-refractivity contribution in [3.63, 3.8) is 0 Å². The summed E-state index contributed by atoms with van der Waals surface area (Å²) in [6, 6.07) is 13.9. The number of nitrogens with two attached hydrogens (primary N) is 1. The number of carbonyl (C=O) groups excluding carboxylic acids is 2. The van der Waals surface area contributed by atoms with Gasteiger partial charge in [-0.25, -0.2) is 4.79 Å². The van der Waals surface area contributed by atoms with Gasteiger partial charge in [-0.15, -0.1) is 0 Å². The largest absolute Gasteiger partial charge is 0.490 e. The van der Waals surface area contributed by atoms with Crippen LogP contribution in [0.5, 0.6) is 11.5 Å². The van der Waals surface area contributed by atoms with Crippen LogP contribution in [0.2, 0.25) is 0 Å². The molecular weight excluding hydrogens is 310 g/mol. The standard InChI is InChI=1S/C18H19NO5/c1-13-2-6-15(7-3-13)22-10-11-23-18(21)14-4-8-16(9-5-14)24-12-17(19)20/h2-9H,10-12H2,1H3,(H2,19,20). The number of hydrogen-bond acceptors (Lipinski definition) is 5. The Labute approximate surface area is 140 Å². The van der Waals surface area contributed by atoms with Crippen LogP contribution in [0.25, 0.3) is 0 Å². The highest BCUT2D eigenvalue weighted by molar-refractivity contribution is 5.89. The van der Waals surface area contributed by atoms with E-state index >= 15 is 0 Å². The van der Waals surface area contributed by atoms with Gasteiger partial charge in [0.15, 0.2) is 6.61 Å². The van der Waals surface area contributed by atoms with Gasteiger partial charge in [-0.1, -0.05) is 17.7 Å². The first-order valence-electron chi connectivity index (χ1n) is 7.42. The molecule has 126 valence electrons. The number of benzene rings is 2. The van der Waals surface area contributed by atoms with E-state index in [1.807, 2.05) is 31.2 Å². The van der Waals surface area contributed by atoms with Crippen LogP contribution >= 0.6 is 0 Å². The summed E-state index contributed by atoms with van der Waals surface area (Å²) in [4.78, 5) is 22.5. The van der Waals surface area contributed by atoms with Gasteiger partial charge in [-0.3, -0.25) is 4.79 Å². The third-order valence-electron chi connectivity index (χ3n) is 3.08. The van der Waals surface area contributed by atoms with E-state index in [1.54, 1.807) is 24.3 Å². The second kappa shape index (κ2) is 8.57. The van der Waals surface area contributed by atoms with E-state index in [0.717, 1.165) is 11.3 Å².